The zero-order valence-corrected chi connectivity index (χ0v) is 24.8. The zero-order chi connectivity index (χ0) is 22.0. The third-order valence-electron chi connectivity index (χ3n) is 6.44. The number of hydrogen-bond donors (Lipinski definition) is 0. The smallest absolute Gasteiger partial charge is 0.0512 e. The molecule has 0 amide bonds. The van der Waals surface area contributed by atoms with E-state index in [0.717, 1.165) is 30.3 Å². The summed E-state index contributed by atoms with van der Waals surface area (Å²) in [5.74, 6) is 0. The fourth-order valence-corrected chi connectivity index (χ4v) is 5.99. The van der Waals surface area contributed by atoms with Crippen molar-refractivity contribution in [3.8, 4) is 0 Å². The summed E-state index contributed by atoms with van der Waals surface area (Å²) >= 11 is 1.08. The molecule has 0 fully saturated rings. The molecule has 3 aromatic rings. The second-order valence-electron chi connectivity index (χ2n) is 8.68. The van der Waals surface area contributed by atoms with Crippen LogP contribution in [0.25, 0.3) is 0 Å². The molecule has 0 N–H and O–H groups in total. The van der Waals surface area contributed by atoms with Crippen LogP contribution in [0.1, 0.15) is 65.5 Å². The predicted octanol–water partition coefficient (Wildman–Crippen LogP) is 1.28. The Bertz CT molecular complexity index is 980. The Morgan fingerprint density at radius 3 is 1.53 bits per heavy atom. The fraction of sp³-hybridized carbons (Fsp3) is 0.290. The van der Waals surface area contributed by atoms with Gasteiger partial charge >= 0.3 is 98.9 Å². The Balaban J connectivity index is 0.000000191. The maximum Gasteiger partial charge on any atom is -0.0512 e. The van der Waals surface area contributed by atoms with E-state index in [4.69, 9.17) is 0 Å². The minimum atomic E-state index is 0. The fourth-order valence-electron chi connectivity index (χ4n) is 4.79. The Morgan fingerprint density at radius 2 is 1.15 bits per heavy atom. The molecule has 0 spiro atoms. The molecule has 6 rings (SSSR count). The van der Waals surface area contributed by atoms with Crippen LogP contribution >= 0.6 is 0 Å². The van der Waals surface area contributed by atoms with Crippen LogP contribution < -0.4 is 24.8 Å². The van der Waals surface area contributed by atoms with E-state index in [-0.39, 0.29) is 24.8 Å². The largest absolute Gasteiger partial charge is 0.192 e. The van der Waals surface area contributed by atoms with E-state index < -0.39 is 0 Å². The molecule has 3 aromatic carbocycles. The van der Waals surface area contributed by atoms with Gasteiger partial charge in [-0.2, -0.15) is 34.4 Å². The zero-order valence-electron chi connectivity index (χ0n) is 19.7. The molecule has 0 bridgehead atoms. The molecule has 0 aliphatic heterocycles. The average Bonchev–Trinajstić information content (AvgIpc) is 3.57. The van der Waals surface area contributed by atoms with Gasteiger partial charge < -0.3 is 24.8 Å². The van der Waals surface area contributed by atoms with Crippen LogP contribution in [0.3, 0.4) is 0 Å². The molecule has 0 atom stereocenters. The number of aryl methyl sites for hydroxylation is 2. The average molecular weight is 654 g/mol. The van der Waals surface area contributed by atoms with Crippen molar-refractivity contribution < 1.29 is 48.7 Å². The molecule has 176 valence electrons. The summed E-state index contributed by atoms with van der Waals surface area (Å²) in [7, 11) is 0. The van der Waals surface area contributed by atoms with Crippen LogP contribution in [0.15, 0.2) is 85.0 Å². The molecule has 0 saturated carbocycles. The Labute approximate surface area is 232 Å². The first-order valence-corrected chi connectivity index (χ1v) is 13.8. The van der Waals surface area contributed by atoms with Crippen LogP contribution in [-0.2, 0) is 49.6 Å². The molecule has 0 nitrogen and oxygen atoms in total. The van der Waals surface area contributed by atoms with E-state index in [9.17, 15) is 0 Å². The normalized spacial score (nSPS) is 14.6. The third-order valence-corrected chi connectivity index (χ3v) is 8.52. The van der Waals surface area contributed by atoms with Crippen LogP contribution in [0, 0.1) is 6.08 Å². The predicted molar refractivity (Wildman–Crippen MR) is 133 cm³/mol. The summed E-state index contributed by atoms with van der Waals surface area (Å²) in [6.07, 6.45) is 21.2. The Hall–Kier alpha value is -1.41. The molecule has 3 aliphatic rings. The van der Waals surface area contributed by atoms with Crippen LogP contribution in [0.5, 0.6) is 0 Å². The SMILES string of the molecule is [C-]1=CC=CC1.[Cl-].[Cl-].[Hf+2]=[C](c1ccccc1)c1ccccc1.[cH-]1c2c(c3c1CCCC3)CCCC2. The molecular formula is C31H32Cl2Hf-2. The first-order valence-electron chi connectivity index (χ1n) is 12.0. The van der Waals surface area contributed by atoms with Crippen molar-refractivity contribution >= 4 is 3.26 Å². The van der Waals surface area contributed by atoms with Gasteiger partial charge in [0.2, 0.25) is 0 Å². The van der Waals surface area contributed by atoms with Crippen LogP contribution in [0.2, 0.25) is 0 Å². The van der Waals surface area contributed by atoms with E-state index in [1.807, 2.05) is 12.2 Å². The van der Waals surface area contributed by atoms with Gasteiger partial charge in [0.15, 0.2) is 0 Å². The van der Waals surface area contributed by atoms with Gasteiger partial charge in [-0.15, -0.1) is 6.42 Å². The number of rotatable bonds is 2. The van der Waals surface area contributed by atoms with Crippen molar-refractivity contribution in [2.24, 2.45) is 0 Å². The molecule has 0 aromatic heterocycles. The number of fused-ring (bicyclic) bond motifs is 3. The molecule has 0 radical (unpaired) electrons. The molecule has 3 heteroatoms. The maximum atomic E-state index is 2.99. The Kier molecular flexibility index (Phi) is 13.2. The molecule has 34 heavy (non-hydrogen) atoms. The van der Waals surface area contributed by atoms with Crippen molar-refractivity contribution in [3.05, 3.63) is 124 Å². The molecule has 0 unspecified atom stereocenters. The summed E-state index contributed by atoms with van der Waals surface area (Å²) in [6.45, 7) is 0. The van der Waals surface area contributed by atoms with Gasteiger partial charge in [0.25, 0.3) is 0 Å². The third kappa shape index (κ3) is 8.08. The maximum absolute atomic E-state index is 2.99. The van der Waals surface area contributed by atoms with Crippen molar-refractivity contribution in [2.45, 2.75) is 57.8 Å². The van der Waals surface area contributed by atoms with E-state index in [1.165, 1.54) is 65.7 Å². The summed E-state index contributed by atoms with van der Waals surface area (Å²) in [6, 6.07) is 23.7. The monoisotopic (exact) mass is 654 g/mol. The van der Waals surface area contributed by atoms with Gasteiger partial charge in [-0.1, -0.05) is 51.4 Å². The first kappa shape index (κ1) is 28.8. The quantitative estimate of drug-likeness (QED) is 0.289. The van der Waals surface area contributed by atoms with Gasteiger partial charge in [-0.05, 0) is 0 Å². The summed E-state index contributed by atoms with van der Waals surface area (Å²) in [5, 5.41) is 0. The first-order chi connectivity index (χ1) is 15.8. The number of benzene rings is 2. The minimum absolute atomic E-state index is 0. The van der Waals surface area contributed by atoms with Crippen molar-refractivity contribution in [3.63, 3.8) is 0 Å². The molecule has 0 saturated heterocycles. The number of hydrogen-bond acceptors (Lipinski definition) is 0. The minimum Gasteiger partial charge on any atom is -0.192 e. The topological polar surface area (TPSA) is 0 Å². The van der Waals surface area contributed by atoms with Crippen LogP contribution in [0.4, 0.5) is 0 Å². The van der Waals surface area contributed by atoms with E-state index in [0.29, 0.717) is 0 Å². The molecule has 3 aliphatic carbocycles. The second-order valence-corrected chi connectivity index (χ2v) is 10.5. The van der Waals surface area contributed by atoms with Crippen molar-refractivity contribution in [1.82, 2.24) is 0 Å². The number of halogens is 2. The van der Waals surface area contributed by atoms with Gasteiger partial charge in [-0.25, -0.2) is 12.2 Å². The van der Waals surface area contributed by atoms with E-state index in [1.54, 1.807) is 22.3 Å². The summed E-state index contributed by atoms with van der Waals surface area (Å²) in [5.41, 5.74) is 9.65. The van der Waals surface area contributed by atoms with Gasteiger partial charge in [0.05, 0.1) is 0 Å². The summed E-state index contributed by atoms with van der Waals surface area (Å²) in [4.78, 5) is 0. The molecule has 0 heterocycles. The Morgan fingerprint density at radius 1 is 0.676 bits per heavy atom. The standard InChI is InChI=1S/C13H17.C13H10.C5H5.2ClH.Hf/c1-3-7-12-10(5-1)9-11-6-2-4-8-13(11)12;1-3-7-12(8-4-1)11-13-9-5-2-6-10-13;1-2-4-5-3-1;;;/h9H,1-8H2;1-10H;1-3H,4H2;2*1H;/q-1;;-1;;;+2/p-2. The second kappa shape index (κ2) is 15.6. The summed E-state index contributed by atoms with van der Waals surface area (Å²) < 4.78 is 1.46. The van der Waals surface area contributed by atoms with Gasteiger partial charge in [-0.3, -0.25) is 6.08 Å². The number of allylic oxidation sites excluding steroid dienone is 4. The van der Waals surface area contributed by atoms with Gasteiger partial charge in [0.1, 0.15) is 0 Å². The van der Waals surface area contributed by atoms with E-state index in [2.05, 4.69) is 78.9 Å². The van der Waals surface area contributed by atoms with E-state index >= 15 is 0 Å². The molecular weight excluding hydrogens is 622 g/mol. The van der Waals surface area contributed by atoms with Crippen molar-refractivity contribution in [1.29, 1.82) is 0 Å². The van der Waals surface area contributed by atoms with Crippen molar-refractivity contribution in [2.75, 3.05) is 0 Å². The van der Waals surface area contributed by atoms with Gasteiger partial charge in [0, 0.05) is 0 Å². The van der Waals surface area contributed by atoms with Crippen LogP contribution in [-0.4, -0.2) is 3.26 Å².